The third kappa shape index (κ3) is 1.21. The molecule has 1 aliphatic rings. The molecule has 1 rings (SSSR count). The smallest absolute Gasteiger partial charge is 0.0220 e. The van der Waals surface area contributed by atoms with Gasteiger partial charge in [0.25, 0.3) is 0 Å². The highest BCUT2D eigenvalue weighted by Gasteiger charge is 2.56. The van der Waals surface area contributed by atoms with Crippen LogP contribution in [0.1, 0.15) is 47.5 Å². The van der Waals surface area contributed by atoms with Crippen LogP contribution in [0.4, 0.5) is 0 Å². The highest BCUT2D eigenvalue weighted by Crippen LogP contribution is 2.63. The Balaban J connectivity index is 2.63. The van der Waals surface area contributed by atoms with Gasteiger partial charge in [0.2, 0.25) is 0 Å². The lowest BCUT2D eigenvalue weighted by Gasteiger charge is -2.26. The Morgan fingerprint density at radius 3 is 1.73 bits per heavy atom. The summed E-state index contributed by atoms with van der Waals surface area (Å²) in [6, 6.07) is 0. The summed E-state index contributed by atoms with van der Waals surface area (Å²) in [5.41, 5.74) is 0.717. The lowest BCUT2D eigenvalue weighted by Crippen LogP contribution is -2.19. The minimum absolute atomic E-state index is 0.717. The molecule has 0 bridgehead atoms. The monoisotopic (exact) mass is 154 g/mol. The molecule has 66 valence electrons. The van der Waals surface area contributed by atoms with Gasteiger partial charge in [-0.3, -0.25) is 0 Å². The molecule has 0 amide bonds. The Labute approximate surface area is 71.4 Å². The molecule has 1 unspecified atom stereocenters. The number of hydrogen-bond acceptors (Lipinski definition) is 0. The van der Waals surface area contributed by atoms with Crippen molar-refractivity contribution in [2.24, 2.45) is 23.2 Å². The molecular formula is C11H22. The Bertz CT molecular complexity index is 125. The van der Waals surface area contributed by atoms with E-state index in [1.807, 2.05) is 0 Å². The topological polar surface area (TPSA) is 0 Å². The first-order valence-corrected chi connectivity index (χ1v) is 5.05. The molecule has 0 heterocycles. The van der Waals surface area contributed by atoms with Gasteiger partial charge in [0, 0.05) is 0 Å². The van der Waals surface area contributed by atoms with Crippen molar-refractivity contribution in [2.75, 3.05) is 0 Å². The van der Waals surface area contributed by atoms with Crippen molar-refractivity contribution in [3.63, 3.8) is 0 Å². The Morgan fingerprint density at radius 2 is 1.64 bits per heavy atom. The van der Waals surface area contributed by atoms with Crippen LogP contribution in [0, 0.1) is 23.2 Å². The van der Waals surface area contributed by atoms with E-state index in [9.17, 15) is 0 Å². The minimum atomic E-state index is 0.717. The standard InChI is InChI=1S/C11H22/c1-6-10-7-11(10,8(2)3)9(4)5/h8-10H,6-7H2,1-5H3. The zero-order valence-corrected chi connectivity index (χ0v) is 8.65. The van der Waals surface area contributed by atoms with Crippen LogP contribution in [0.2, 0.25) is 0 Å². The summed E-state index contributed by atoms with van der Waals surface area (Å²) in [6.07, 6.45) is 2.87. The van der Waals surface area contributed by atoms with Crippen LogP contribution in [0.5, 0.6) is 0 Å². The molecule has 1 saturated carbocycles. The number of hydrogen-bond donors (Lipinski definition) is 0. The van der Waals surface area contributed by atoms with E-state index in [-0.39, 0.29) is 0 Å². The van der Waals surface area contributed by atoms with Gasteiger partial charge in [-0.2, -0.15) is 0 Å². The molecule has 0 aromatic heterocycles. The molecule has 0 nitrogen and oxygen atoms in total. The van der Waals surface area contributed by atoms with Crippen molar-refractivity contribution >= 4 is 0 Å². The van der Waals surface area contributed by atoms with Crippen LogP contribution >= 0.6 is 0 Å². The second-order valence-electron chi connectivity index (χ2n) is 4.73. The van der Waals surface area contributed by atoms with Gasteiger partial charge in [-0.1, -0.05) is 41.0 Å². The lowest BCUT2D eigenvalue weighted by molar-refractivity contribution is 0.229. The number of rotatable bonds is 3. The van der Waals surface area contributed by atoms with Crippen LogP contribution in [0.3, 0.4) is 0 Å². The average molecular weight is 154 g/mol. The first-order valence-electron chi connectivity index (χ1n) is 5.05. The summed E-state index contributed by atoms with van der Waals surface area (Å²) in [6.45, 7) is 11.9. The van der Waals surface area contributed by atoms with Crippen molar-refractivity contribution in [1.29, 1.82) is 0 Å². The molecule has 0 heteroatoms. The predicted octanol–water partition coefficient (Wildman–Crippen LogP) is 3.71. The van der Waals surface area contributed by atoms with Crippen LogP contribution in [-0.4, -0.2) is 0 Å². The van der Waals surface area contributed by atoms with Crippen LogP contribution < -0.4 is 0 Å². The summed E-state index contributed by atoms with van der Waals surface area (Å²) in [5, 5.41) is 0. The summed E-state index contributed by atoms with van der Waals surface area (Å²) < 4.78 is 0. The Kier molecular flexibility index (Phi) is 2.32. The highest BCUT2D eigenvalue weighted by atomic mass is 14.6. The molecule has 0 saturated heterocycles. The molecule has 11 heavy (non-hydrogen) atoms. The van der Waals surface area contributed by atoms with E-state index in [1.54, 1.807) is 0 Å². The van der Waals surface area contributed by atoms with Crippen LogP contribution in [-0.2, 0) is 0 Å². The van der Waals surface area contributed by atoms with E-state index < -0.39 is 0 Å². The van der Waals surface area contributed by atoms with Crippen molar-refractivity contribution in [1.82, 2.24) is 0 Å². The fourth-order valence-corrected chi connectivity index (χ4v) is 2.97. The molecule has 0 N–H and O–H groups in total. The van der Waals surface area contributed by atoms with Gasteiger partial charge in [-0.05, 0) is 29.6 Å². The molecule has 0 aromatic rings. The molecule has 0 aromatic carbocycles. The van der Waals surface area contributed by atoms with Gasteiger partial charge in [0.15, 0.2) is 0 Å². The van der Waals surface area contributed by atoms with Gasteiger partial charge in [0.05, 0.1) is 0 Å². The Morgan fingerprint density at radius 1 is 1.18 bits per heavy atom. The van der Waals surface area contributed by atoms with Crippen LogP contribution in [0.15, 0.2) is 0 Å². The normalized spacial score (nSPS) is 28.1. The fourth-order valence-electron chi connectivity index (χ4n) is 2.97. The molecule has 0 radical (unpaired) electrons. The maximum Gasteiger partial charge on any atom is -0.0220 e. The van der Waals surface area contributed by atoms with Gasteiger partial charge in [0.1, 0.15) is 0 Å². The summed E-state index contributed by atoms with van der Waals surface area (Å²) >= 11 is 0. The molecule has 1 atom stereocenters. The van der Waals surface area contributed by atoms with E-state index in [4.69, 9.17) is 0 Å². The van der Waals surface area contributed by atoms with Crippen molar-refractivity contribution in [2.45, 2.75) is 47.5 Å². The molecule has 1 aliphatic carbocycles. The third-order valence-corrected chi connectivity index (χ3v) is 3.84. The average Bonchev–Trinajstić information content (AvgIpc) is 2.61. The highest BCUT2D eigenvalue weighted by molar-refractivity contribution is 5.04. The Hall–Kier alpha value is 0. The van der Waals surface area contributed by atoms with Gasteiger partial charge in [-0.15, -0.1) is 0 Å². The fraction of sp³-hybridized carbons (Fsp3) is 1.00. The maximum absolute atomic E-state index is 2.38. The first kappa shape index (κ1) is 9.09. The minimum Gasteiger partial charge on any atom is -0.0651 e. The van der Waals surface area contributed by atoms with E-state index in [2.05, 4.69) is 34.6 Å². The lowest BCUT2D eigenvalue weighted by atomic mass is 9.79. The summed E-state index contributed by atoms with van der Waals surface area (Å²) in [7, 11) is 0. The molecule has 0 spiro atoms. The summed E-state index contributed by atoms with van der Waals surface area (Å²) in [5.74, 6) is 2.79. The van der Waals surface area contributed by atoms with Crippen molar-refractivity contribution in [3.8, 4) is 0 Å². The molecule has 1 fully saturated rings. The van der Waals surface area contributed by atoms with Crippen molar-refractivity contribution < 1.29 is 0 Å². The van der Waals surface area contributed by atoms with E-state index in [0.29, 0.717) is 0 Å². The van der Waals surface area contributed by atoms with Gasteiger partial charge >= 0.3 is 0 Å². The van der Waals surface area contributed by atoms with Gasteiger partial charge < -0.3 is 0 Å². The third-order valence-electron chi connectivity index (χ3n) is 3.84. The largest absolute Gasteiger partial charge is 0.0651 e. The quantitative estimate of drug-likeness (QED) is 0.581. The van der Waals surface area contributed by atoms with Crippen molar-refractivity contribution in [3.05, 3.63) is 0 Å². The van der Waals surface area contributed by atoms with E-state index >= 15 is 0 Å². The molecular weight excluding hydrogens is 132 g/mol. The maximum atomic E-state index is 2.38. The molecule has 0 aliphatic heterocycles. The van der Waals surface area contributed by atoms with Crippen LogP contribution in [0.25, 0.3) is 0 Å². The van der Waals surface area contributed by atoms with Gasteiger partial charge in [-0.25, -0.2) is 0 Å². The van der Waals surface area contributed by atoms with E-state index in [1.165, 1.54) is 12.8 Å². The SMILES string of the molecule is CCC1CC1(C(C)C)C(C)C. The zero-order valence-electron chi connectivity index (χ0n) is 8.65. The predicted molar refractivity (Wildman–Crippen MR) is 50.5 cm³/mol. The zero-order chi connectivity index (χ0) is 8.65. The summed E-state index contributed by atoms with van der Waals surface area (Å²) in [4.78, 5) is 0. The van der Waals surface area contributed by atoms with E-state index in [0.717, 1.165) is 23.2 Å². The second-order valence-corrected chi connectivity index (χ2v) is 4.73. The first-order chi connectivity index (χ1) is 5.05. The second kappa shape index (κ2) is 2.80.